The van der Waals surface area contributed by atoms with Crippen LogP contribution in [0.25, 0.3) is 0 Å². The van der Waals surface area contributed by atoms with Crippen molar-refractivity contribution in [3.05, 3.63) is 117 Å². The number of carboxylic acids is 2. The monoisotopic (exact) mass is 1160 g/mol. The van der Waals surface area contributed by atoms with E-state index >= 15 is 0 Å². The largest absolute Gasteiger partial charge is 2.00 e. The number of rotatable bonds is 38. The van der Waals surface area contributed by atoms with Crippen molar-refractivity contribution in [2.75, 3.05) is 0 Å². The summed E-state index contributed by atoms with van der Waals surface area (Å²) in [7, 11) is 0. The van der Waals surface area contributed by atoms with Gasteiger partial charge in [-0.2, -0.15) is 0 Å². The average molecular weight is 1160 g/mol. The number of aryl methyl sites for hydroxylation is 6. The van der Waals surface area contributed by atoms with Crippen molar-refractivity contribution in [2.24, 2.45) is 9.98 Å². The Hall–Kier alpha value is -5.41. The summed E-state index contributed by atoms with van der Waals surface area (Å²) in [4.78, 5) is 32.3. The van der Waals surface area contributed by atoms with Crippen LogP contribution in [-0.4, -0.2) is 43.8 Å². The van der Waals surface area contributed by atoms with E-state index in [0.29, 0.717) is 24.0 Å². The number of hydrogen-bond donors (Lipinski definition) is 4. The van der Waals surface area contributed by atoms with Gasteiger partial charge in [-0.05, 0) is 173 Å². The number of hydrogen-bond acceptors (Lipinski definition) is 8. The van der Waals surface area contributed by atoms with Gasteiger partial charge in [0.2, 0.25) is 0 Å². The number of unbranched alkanes of at least 4 members (excludes halogenated alkanes) is 19. The van der Waals surface area contributed by atoms with Gasteiger partial charge in [-0.3, -0.25) is 4.99 Å². The number of benzene rings is 4. The third kappa shape index (κ3) is 30.5. The van der Waals surface area contributed by atoms with Crippen molar-refractivity contribution in [3.8, 4) is 23.0 Å². The molecule has 0 aliphatic rings. The summed E-state index contributed by atoms with van der Waals surface area (Å²) >= 11 is 0. The van der Waals surface area contributed by atoms with Gasteiger partial charge in [0.1, 0.15) is 11.5 Å². The zero-order valence-electron chi connectivity index (χ0n) is 51.2. The molecule has 0 fully saturated rings. The number of nitrogens with zero attached hydrogens (tertiary/aromatic N) is 2. The molecule has 4 rings (SSSR count). The predicted molar refractivity (Wildman–Crippen MR) is 333 cm³/mol. The Kier molecular flexibility index (Phi) is 41.0. The number of phenolic OH excluding ortho intramolecular Hbond substituents is 2. The van der Waals surface area contributed by atoms with Gasteiger partial charge in [-0.15, -0.1) is 0 Å². The predicted octanol–water partition coefficient (Wildman–Crippen LogP) is 19.0. The number of aromatic hydroxyl groups is 2. The van der Waals surface area contributed by atoms with Crippen LogP contribution in [0.15, 0.2) is 82.8 Å². The summed E-state index contributed by atoms with van der Waals surface area (Å²) in [5.74, 6) is -5.16. The molecule has 0 aliphatic carbocycles. The van der Waals surface area contributed by atoms with Gasteiger partial charge in [0.25, 0.3) is 0 Å². The van der Waals surface area contributed by atoms with E-state index < -0.39 is 34.9 Å². The van der Waals surface area contributed by atoms with E-state index in [4.69, 9.17) is 30.4 Å². The van der Waals surface area contributed by atoms with E-state index in [-0.39, 0.29) is 27.6 Å². The number of carbonyl (C=O) groups is 2. The molecule has 0 saturated carbocycles. The van der Waals surface area contributed by atoms with Crippen LogP contribution in [0.4, 0.5) is 11.4 Å². The second-order valence-electron chi connectivity index (χ2n) is 21.8. The third-order valence-corrected chi connectivity index (χ3v) is 14.5. The van der Waals surface area contributed by atoms with Crippen LogP contribution in [0.3, 0.4) is 0 Å². The Labute approximate surface area is 500 Å². The zero-order valence-corrected chi connectivity index (χ0v) is 52.2. The van der Waals surface area contributed by atoms with Crippen molar-refractivity contribution in [2.45, 2.75) is 261 Å². The van der Waals surface area contributed by atoms with E-state index in [2.05, 4.69) is 90.1 Å². The second-order valence-corrected chi connectivity index (χ2v) is 21.8. The molecule has 4 aromatic rings. The molecular formula is C70H104N2NiO8. The van der Waals surface area contributed by atoms with E-state index in [9.17, 15) is 19.8 Å². The zero-order chi connectivity index (χ0) is 58.9. The fourth-order valence-corrected chi connectivity index (χ4v) is 9.66. The molecule has 11 heteroatoms. The summed E-state index contributed by atoms with van der Waals surface area (Å²) in [6, 6.07) is 19.6. The minimum Gasteiger partial charge on any atom is -0.869 e. The quantitative estimate of drug-likeness (QED) is 0.0194. The van der Waals surface area contributed by atoms with Gasteiger partial charge in [0.15, 0.2) is 0 Å². The molecule has 4 aromatic carbocycles. The first-order valence-electron chi connectivity index (χ1n) is 31.2. The van der Waals surface area contributed by atoms with Gasteiger partial charge < -0.3 is 30.6 Å². The molecule has 0 radical (unpaired) electrons. The van der Waals surface area contributed by atoms with E-state index in [0.717, 1.165) is 80.6 Å². The minimum atomic E-state index is -1.28. The third-order valence-electron chi connectivity index (χ3n) is 14.5. The van der Waals surface area contributed by atoms with Crippen LogP contribution in [0.5, 0.6) is 23.0 Å². The smallest absolute Gasteiger partial charge is 0.869 e. The summed E-state index contributed by atoms with van der Waals surface area (Å²) in [6.45, 7) is 17.6. The Bertz CT molecular complexity index is 2350. The molecule has 10 nitrogen and oxygen atoms in total. The van der Waals surface area contributed by atoms with E-state index in [1.54, 1.807) is 0 Å². The number of aliphatic imine (C=N–C) groups is 2. The van der Waals surface area contributed by atoms with E-state index in [1.165, 1.54) is 181 Å². The Morgan fingerprint density at radius 1 is 0.432 bits per heavy atom. The fraction of sp³-hybridized carbons (Fsp3) is 0.571. The number of aromatic carboxylic acids is 2. The molecule has 0 spiro atoms. The van der Waals surface area contributed by atoms with Crippen LogP contribution in [0.1, 0.15) is 276 Å². The van der Waals surface area contributed by atoms with Crippen molar-refractivity contribution < 1.29 is 56.7 Å². The SMILES string of the molecule is CCCCCCCCCCCCCCCC=CC(=Nc1cc(CCCC)cc(CCCC)c1)C(C)=Nc1cc(CCCC)cc(CCCC)c1.CCCCc1ccc(O)c([O-])c1C(=O)O.CCCCc1ccc(O)c([O-])c1C(=O)O.[Ni+2]. The first kappa shape index (κ1) is 73.6. The van der Waals surface area contributed by atoms with Crippen LogP contribution >= 0.6 is 0 Å². The molecule has 0 bridgehead atoms. The molecule has 0 atom stereocenters. The fourth-order valence-electron chi connectivity index (χ4n) is 9.66. The maximum atomic E-state index is 11.4. The summed E-state index contributed by atoms with van der Waals surface area (Å²) in [6.07, 6.45) is 42.7. The van der Waals surface area contributed by atoms with Gasteiger partial charge >= 0.3 is 28.4 Å². The van der Waals surface area contributed by atoms with Crippen LogP contribution in [0, 0.1) is 0 Å². The van der Waals surface area contributed by atoms with Crippen molar-refractivity contribution in [1.29, 1.82) is 0 Å². The van der Waals surface area contributed by atoms with Gasteiger partial charge in [0.05, 0.1) is 33.9 Å². The summed E-state index contributed by atoms with van der Waals surface area (Å²) in [5, 5.41) is 58.7. The van der Waals surface area contributed by atoms with Crippen molar-refractivity contribution >= 4 is 34.7 Å². The molecule has 4 N–H and O–H groups in total. The average Bonchev–Trinajstić information content (AvgIpc) is 3.44. The van der Waals surface area contributed by atoms with Crippen LogP contribution in [0.2, 0.25) is 0 Å². The first-order valence-corrected chi connectivity index (χ1v) is 31.2. The topological polar surface area (TPSA) is 186 Å². The van der Waals surface area contributed by atoms with Crippen LogP contribution < -0.4 is 10.2 Å². The van der Waals surface area contributed by atoms with Gasteiger partial charge in [-0.25, -0.2) is 14.6 Å². The molecule has 0 aliphatic heterocycles. The van der Waals surface area contributed by atoms with Crippen molar-refractivity contribution in [1.82, 2.24) is 0 Å². The van der Waals surface area contributed by atoms with Gasteiger partial charge in [-0.1, -0.05) is 206 Å². The standard InChI is InChI=1S/C48H78N2.2C11H14O4.Ni/c1-7-12-17-18-19-20-21-22-23-24-25-26-27-28-29-34-48(50-47-39-44(32-15-10-4)36-45(40-47)33-16-11-5)41(6)49-46-37-42(30-13-8-2)35-43(38-46)31-14-9-3;2*1-2-3-4-7-5-6-8(12)10(13)9(7)11(14)15;/h29,34-40H,7-28,30-33H2,1-6H3;2*5-6,12-13H,2-4H2,1H3,(H,14,15);/q;;;+2/p-2. The first-order chi connectivity index (χ1) is 38.7. The molecule has 0 unspecified atom stereocenters. The maximum Gasteiger partial charge on any atom is 2.00 e. The Morgan fingerprint density at radius 3 is 1.07 bits per heavy atom. The van der Waals surface area contributed by atoms with Crippen molar-refractivity contribution in [3.63, 3.8) is 0 Å². The van der Waals surface area contributed by atoms with E-state index in [1.807, 2.05) is 13.8 Å². The molecule has 0 aromatic heterocycles. The number of allylic oxidation sites excluding steroid dienone is 2. The van der Waals surface area contributed by atoms with Gasteiger partial charge in [0, 0.05) is 0 Å². The summed E-state index contributed by atoms with van der Waals surface area (Å²) in [5.41, 5.74) is 10.3. The molecule has 452 valence electrons. The van der Waals surface area contributed by atoms with Crippen LogP contribution in [-0.2, 0) is 55.0 Å². The molecule has 0 heterocycles. The molecular weight excluding hydrogens is 1060 g/mol. The Balaban J connectivity index is 0.000000850. The minimum absolute atomic E-state index is 0. The normalized spacial score (nSPS) is 11.5. The Morgan fingerprint density at radius 2 is 0.741 bits per heavy atom. The number of carboxylic acid groups (broad SMARTS) is 2. The maximum absolute atomic E-state index is 11.4. The number of phenols is 2. The summed E-state index contributed by atoms with van der Waals surface area (Å²) < 4.78 is 0. The molecule has 0 saturated heterocycles. The molecule has 0 amide bonds. The second kappa shape index (κ2) is 45.1. The molecule has 81 heavy (non-hydrogen) atoms.